The molecule has 20 heavy (non-hydrogen) atoms. The Morgan fingerprint density at radius 2 is 2.00 bits per heavy atom. The number of pyridine rings is 1. The predicted octanol–water partition coefficient (Wildman–Crippen LogP) is 2.13. The summed E-state index contributed by atoms with van der Waals surface area (Å²) < 4.78 is 0. The zero-order chi connectivity index (χ0) is 14.0. The van der Waals surface area contributed by atoms with Crippen LogP contribution < -0.4 is 5.73 Å². The maximum atomic E-state index is 6.10. The van der Waals surface area contributed by atoms with Gasteiger partial charge in [-0.15, -0.1) is 0 Å². The molecule has 0 spiro atoms. The number of rotatable bonds is 3. The molecule has 0 radical (unpaired) electrons. The van der Waals surface area contributed by atoms with Crippen LogP contribution in [0, 0.1) is 0 Å². The van der Waals surface area contributed by atoms with Crippen molar-refractivity contribution in [2.24, 2.45) is 10.7 Å². The van der Waals surface area contributed by atoms with Crippen LogP contribution in [0.3, 0.4) is 0 Å². The molecule has 1 atom stereocenters. The summed E-state index contributed by atoms with van der Waals surface area (Å²) in [6.45, 7) is 3.58. The van der Waals surface area contributed by atoms with Crippen molar-refractivity contribution in [2.45, 2.75) is 19.0 Å². The van der Waals surface area contributed by atoms with Crippen LogP contribution in [0.4, 0.5) is 0 Å². The first-order valence-electron chi connectivity index (χ1n) is 6.72. The Morgan fingerprint density at radius 3 is 2.70 bits per heavy atom. The molecule has 1 aliphatic rings. The van der Waals surface area contributed by atoms with Crippen molar-refractivity contribution in [3.8, 4) is 0 Å². The number of nitrogens with two attached hydrogens (primary N) is 1. The molecule has 102 valence electrons. The highest BCUT2D eigenvalue weighted by Gasteiger charge is 2.39. The van der Waals surface area contributed by atoms with Gasteiger partial charge in [0.05, 0.1) is 12.1 Å². The fourth-order valence-corrected chi connectivity index (χ4v) is 2.61. The summed E-state index contributed by atoms with van der Waals surface area (Å²) in [7, 11) is 0. The molecule has 2 N–H and O–H groups in total. The number of hydrogen-bond donors (Lipinski definition) is 1. The quantitative estimate of drug-likeness (QED) is 0.926. The number of nitrogens with zero attached hydrogens (tertiary/aromatic N) is 3. The number of guanidine groups is 1. The lowest BCUT2D eigenvalue weighted by Gasteiger charge is -2.36. The molecule has 1 aromatic heterocycles. The van der Waals surface area contributed by atoms with E-state index < -0.39 is 0 Å². The molecule has 0 amide bonds. The van der Waals surface area contributed by atoms with Crippen molar-refractivity contribution >= 4 is 5.96 Å². The van der Waals surface area contributed by atoms with Crippen LogP contribution >= 0.6 is 0 Å². The first kappa shape index (κ1) is 12.7. The Hall–Kier alpha value is -2.36. The van der Waals surface area contributed by atoms with E-state index in [1.54, 1.807) is 6.20 Å². The lowest BCUT2D eigenvalue weighted by Crippen LogP contribution is -2.46. The van der Waals surface area contributed by atoms with E-state index in [1.165, 1.54) is 5.56 Å². The smallest absolute Gasteiger partial charge is 0.192 e. The van der Waals surface area contributed by atoms with Crippen molar-refractivity contribution < 1.29 is 0 Å². The van der Waals surface area contributed by atoms with Crippen molar-refractivity contribution in [2.75, 3.05) is 6.54 Å². The summed E-state index contributed by atoms with van der Waals surface area (Å²) in [6, 6.07) is 14.4. The monoisotopic (exact) mass is 266 g/mol. The van der Waals surface area contributed by atoms with Gasteiger partial charge in [0.2, 0.25) is 0 Å². The van der Waals surface area contributed by atoms with E-state index in [2.05, 4.69) is 40.0 Å². The van der Waals surface area contributed by atoms with E-state index in [1.807, 2.05) is 30.5 Å². The molecule has 2 aromatic rings. The highest BCUT2D eigenvalue weighted by Crippen LogP contribution is 2.33. The minimum atomic E-state index is -0.228. The van der Waals surface area contributed by atoms with Crippen LogP contribution in [-0.2, 0) is 12.1 Å². The van der Waals surface area contributed by atoms with Gasteiger partial charge in [0.25, 0.3) is 0 Å². The Morgan fingerprint density at radius 1 is 1.20 bits per heavy atom. The third-order valence-corrected chi connectivity index (χ3v) is 3.89. The molecule has 1 aliphatic heterocycles. The Kier molecular flexibility index (Phi) is 3.14. The second-order valence-corrected chi connectivity index (χ2v) is 5.26. The molecule has 1 aromatic carbocycles. The van der Waals surface area contributed by atoms with Crippen molar-refractivity contribution in [3.05, 3.63) is 66.0 Å². The Balaban J connectivity index is 1.92. The molecule has 0 fully saturated rings. The molecule has 1 unspecified atom stereocenters. The molecule has 0 saturated carbocycles. The number of aliphatic imine (C=N–C) groups is 1. The van der Waals surface area contributed by atoms with Crippen LogP contribution in [0.2, 0.25) is 0 Å². The zero-order valence-electron chi connectivity index (χ0n) is 11.5. The number of benzene rings is 1. The third kappa shape index (κ3) is 2.13. The summed E-state index contributed by atoms with van der Waals surface area (Å²) in [4.78, 5) is 10.8. The lowest BCUT2D eigenvalue weighted by molar-refractivity contribution is 0.217. The third-order valence-electron chi connectivity index (χ3n) is 3.89. The van der Waals surface area contributed by atoms with E-state index in [0.29, 0.717) is 12.5 Å². The minimum Gasteiger partial charge on any atom is -0.370 e. The summed E-state index contributed by atoms with van der Waals surface area (Å²) >= 11 is 0. The van der Waals surface area contributed by atoms with Crippen LogP contribution in [0.25, 0.3) is 0 Å². The fraction of sp³-hybridized carbons (Fsp3) is 0.250. The van der Waals surface area contributed by atoms with Crippen LogP contribution in [0.15, 0.2) is 59.9 Å². The second-order valence-electron chi connectivity index (χ2n) is 5.26. The van der Waals surface area contributed by atoms with Gasteiger partial charge < -0.3 is 10.6 Å². The number of hydrogen-bond acceptors (Lipinski definition) is 4. The van der Waals surface area contributed by atoms with Crippen LogP contribution in [0.1, 0.15) is 18.1 Å². The first-order valence-corrected chi connectivity index (χ1v) is 6.72. The SMILES string of the molecule is CC1(c2cccnc2)CN=C(N)N1Cc1ccccc1. The second kappa shape index (κ2) is 4.96. The Labute approximate surface area is 119 Å². The van der Waals surface area contributed by atoms with Crippen LogP contribution in [-0.4, -0.2) is 22.4 Å². The molecule has 4 nitrogen and oxygen atoms in total. The van der Waals surface area contributed by atoms with Crippen molar-refractivity contribution in [1.29, 1.82) is 0 Å². The van der Waals surface area contributed by atoms with E-state index in [0.717, 1.165) is 12.1 Å². The molecular formula is C16H18N4. The summed E-state index contributed by atoms with van der Waals surface area (Å²) in [6.07, 6.45) is 3.68. The average molecular weight is 266 g/mol. The molecule has 0 aliphatic carbocycles. The average Bonchev–Trinajstić information content (AvgIpc) is 2.79. The minimum absolute atomic E-state index is 0.228. The molecule has 2 heterocycles. The topological polar surface area (TPSA) is 54.5 Å². The van der Waals surface area contributed by atoms with Crippen LogP contribution in [0.5, 0.6) is 0 Å². The summed E-state index contributed by atoms with van der Waals surface area (Å²) in [5.74, 6) is 0.597. The molecule has 3 rings (SSSR count). The lowest BCUT2D eigenvalue weighted by atomic mass is 9.92. The van der Waals surface area contributed by atoms with Gasteiger partial charge in [0.15, 0.2) is 5.96 Å². The van der Waals surface area contributed by atoms with Crippen molar-refractivity contribution in [1.82, 2.24) is 9.88 Å². The van der Waals surface area contributed by atoms with Gasteiger partial charge in [-0.05, 0) is 24.1 Å². The standard InChI is InChI=1S/C16H18N4/c1-16(14-8-5-9-18-10-14)12-19-15(17)20(16)11-13-6-3-2-4-7-13/h2-10H,11-12H2,1H3,(H2,17,19). The van der Waals surface area contributed by atoms with Gasteiger partial charge in [-0.1, -0.05) is 36.4 Å². The highest BCUT2D eigenvalue weighted by molar-refractivity contribution is 5.81. The molecule has 0 bridgehead atoms. The molecule has 0 saturated heterocycles. The maximum absolute atomic E-state index is 6.10. The Bertz CT molecular complexity index is 609. The zero-order valence-corrected chi connectivity index (χ0v) is 11.5. The van der Waals surface area contributed by atoms with Gasteiger partial charge in [-0.3, -0.25) is 9.98 Å². The molecule has 4 heteroatoms. The first-order chi connectivity index (χ1) is 9.70. The van der Waals surface area contributed by atoms with Gasteiger partial charge in [-0.2, -0.15) is 0 Å². The van der Waals surface area contributed by atoms with Gasteiger partial charge in [-0.25, -0.2) is 0 Å². The normalized spacial score (nSPS) is 21.9. The fourth-order valence-electron chi connectivity index (χ4n) is 2.61. The van der Waals surface area contributed by atoms with Crippen molar-refractivity contribution in [3.63, 3.8) is 0 Å². The largest absolute Gasteiger partial charge is 0.370 e. The van der Waals surface area contributed by atoms with E-state index in [4.69, 9.17) is 5.73 Å². The van der Waals surface area contributed by atoms with Gasteiger partial charge >= 0.3 is 0 Å². The van der Waals surface area contributed by atoms with Gasteiger partial charge in [0, 0.05) is 18.9 Å². The summed E-state index contributed by atoms with van der Waals surface area (Å²) in [5, 5.41) is 0. The predicted molar refractivity (Wildman–Crippen MR) is 80.1 cm³/mol. The van der Waals surface area contributed by atoms with E-state index in [-0.39, 0.29) is 5.54 Å². The van der Waals surface area contributed by atoms with Gasteiger partial charge in [0.1, 0.15) is 0 Å². The maximum Gasteiger partial charge on any atom is 0.192 e. The molecular weight excluding hydrogens is 248 g/mol. The highest BCUT2D eigenvalue weighted by atomic mass is 15.3. The van der Waals surface area contributed by atoms with E-state index in [9.17, 15) is 0 Å². The summed E-state index contributed by atoms with van der Waals surface area (Å²) in [5.41, 5.74) is 8.23. The van der Waals surface area contributed by atoms with E-state index >= 15 is 0 Å². The number of aromatic nitrogens is 1.